The summed E-state index contributed by atoms with van der Waals surface area (Å²) in [6.45, 7) is 1.84. The molecule has 1 heterocycles. The van der Waals surface area contributed by atoms with Gasteiger partial charge >= 0.3 is 5.97 Å². The van der Waals surface area contributed by atoms with E-state index in [2.05, 4.69) is 4.98 Å². The zero-order valence-electron chi connectivity index (χ0n) is 10.5. The molecule has 0 unspecified atom stereocenters. The Morgan fingerprint density at radius 2 is 1.89 bits per heavy atom. The second-order valence-corrected chi connectivity index (χ2v) is 5.19. The number of thiazole rings is 1. The molecule has 2 aromatic rings. The molecule has 0 aliphatic rings. The molecule has 0 aliphatic heterocycles. The summed E-state index contributed by atoms with van der Waals surface area (Å²) in [5.41, 5.74) is 0.833. The average molecular weight is 276 g/mol. The van der Waals surface area contributed by atoms with Crippen LogP contribution in [0.15, 0.2) is 30.5 Å². The Balaban J connectivity index is 2.21. The third-order valence-corrected chi connectivity index (χ3v) is 3.54. The average Bonchev–Trinajstić information content (AvgIpc) is 2.84. The van der Waals surface area contributed by atoms with Gasteiger partial charge in [0.25, 0.3) is 5.91 Å². The minimum absolute atomic E-state index is 0.159. The summed E-state index contributed by atoms with van der Waals surface area (Å²) in [6.07, 6.45) is 1.55. The smallest absolute Gasteiger partial charge is 0.335 e. The fourth-order valence-electron chi connectivity index (χ4n) is 1.57. The van der Waals surface area contributed by atoms with Crippen molar-refractivity contribution >= 4 is 28.9 Å². The highest BCUT2D eigenvalue weighted by Crippen LogP contribution is 2.19. The normalized spacial score (nSPS) is 10.2. The van der Waals surface area contributed by atoms with Gasteiger partial charge in [0, 0.05) is 12.7 Å². The Morgan fingerprint density at radius 3 is 2.37 bits per heavy atom. The van der Waals surface area contributed by atoms with Crippen LogP contribution in [-0.2, 0) is 0 Å². The Bertz CT molecular complexity index is 619. The van der Waals surface area contributed by atoms with E-state index >= 15 is 0 Å². The van der Waals surface area contributed by atoms with Crippen molar-refractivity contribution < 1.29 is 14.7 Å². The van der Waals surface area contributed by atoms with Crippen molar-refractivity contribution in [3.63, 3.8) is 0 Å². The maximum Gasteiger partial charge on any atom is 0.335 e. The molecule has 98 valence electrons. The Hall–Kier alpha value is -2.21. The van der Waals surface area contributed by atoms with Gasteiger partial charge in [0.2, 0.25) is 0 Å². The van der Waals surface area contributed by atoms with E-state index in [4.69, 9.17) is 5.11 Å². The largest absolute Gasteiger partial charge is 0.478 e. The predicted molar refractivity (Wildman–Crippen MR) is 73.0 cm³/mol. The monoisotopic (exact) mass is 276 g/mol. The zero-order valence-corrected chi connectivity index (χ0v) is 11.3. The molecule has 19 heavy (non-hydrogen) atoms. The lowest BCUT2D eigenvalue weighted by Crippen LogP contribution is -2.25. The number of carbonyl (C=O) groups excluding carboxylic acids is 1. The molecule has 1 N–H and O–H groups in total. The lowest BCUT2D eigenvalue weighted by Gasteiger charge is -2.16. The highest BCUT2D eigenvalue weighted by molar-refractivity contribution is 7.13. The van der Waals surface area contributed by atoms with Gasteiger partial charge in [-0.15, -0.1) is 11.3 Å². The predicted octanol–water partition coefficient (Wildman–Crippen LogP) is 2.43. The van der Waals surface area contributed by atoms with Crippen LogP contribution in [0.5, 0.6) is 0 Å². The van der Waals surface area contributed by atoms with Gasteiger partial charge in [0.05, 0.1) is 16.8 Å². The highest BCUT2D eigenvalue weighted by Gasteiger charge is 2.16. The molecule has 0 saturated heterocycles. The lowest BCUT2D eigenvalue weighted by atomic mass is 10.2. The summed E-state index contributed by atoms with van der Waals surface area (Å²) in [4.78, 5) is 29.0. The van der Waals surface area contributed by atoms with Crippen LogP contribution in [0.1, 0.15) is 25.0 Å². The molecule has 0 bridgehead atoms. The zero-order chi connectivity index (χ0) is 14.0. The summed E-state index contributed by atoms with van der Waals surface area (Å²) < 4.78 is 0. The van der Waals surface area contributed by atoms with Crippen LogP contribution in [0.25, 0.3) is 0 Å². The molecule has 1 aromatic heterocycles. The number of nitrogens with zero attached hydrogens (tertiary/aromatic N) is 2. The van der Waals surface area contributed by atoms with E-state index in [-0.39, 0.29) is 11.5 Å². The number of rotatable bonds is 3. The van der Waals surface area contributed by atoms with Crippen molar-refractivity contribution in [3.8, 4) is 0 Å². The van der Waals surface area contributed by atoms with E-state index in [9.17, 15) is 9.59 Å². The Labute approximate surface area is 114 Å². The minimum atomic E-state index is -0.987. The molecule has 0 radical (unpaired) electrons. The summed E-state index contributed by atoms with van der Waals surface area (Å²) in [6, 6.07) is 6.16. The summed E-state index contributed by atoms with van der Waals surface area (Å²) in [5.74, 6) is -1.15. The minimum Gasteiger partial charge on any atom is -0.478 e. The van der Waals surface area contributed by atoms with Gasteiger partial charge in [0.15, 0.2) is 0 Å². The van der Waals surface area contributed by atoms with E-state index in [1.807, 2.05) is 6.92 Å². The maximum atomic E-state index is 12.2. The van der Waals surface area contributed by atoms with Gasteiger partial charge in [0.1, 0.15) is 4.88 Å². The van der Waals surface area contributed by atoms with Crippen molar-refractivity contribution in [1.29, 1.82) is 0 Å². The molecular formula is C13H12N2O3S. The second kappa shape index (κ2) is 5.19. The molecule has 0 aliphatic carbocycles. The fraction of sp³-hybridized carbons (Fsp3) is 0.154. The number of carbonyl (C=O) groups is 2. The first-order valence-corrected chi connectivity index (χ1v) is 6.34. The molecule has 5 nitrogen and oxygen atoms in total. The number of carboxylic acids is 1. The first-order chi connectivity index (χ1) is 8.99. The topological polar surface area (TPSA) is 70.5 Å². The fourth-order valence-corrected chi connectivity index (χ4v) is 2.32. The van der Waals surface area contributed by atoms with Crippen LogP contribution in [0.2, 0.25) is 0 Å². The molecule has 0 fully saturated rings. The van der Waals surface area contributed by atoms with Crippen molar-refractivity contribution in [3.05, 3.63) is 45.9 Å². The lowest BCUT2D eigenvalue weighted by molar-refractivity contribution is 0.0696. The van der Waals surface area contributed by atoms with E-state index in [1.54, 1.807) is 25.4 Å². The third kappa shape index (κ3) is 2.79. The van der Waals surface area contributed by atoms with E-state index in [1.165, 1.54) is 28.4 Å². The number of hydrogen-bond donors (Lipinski definition) is 1. The van der Waals surface area contributed by atoms with Crippen LogP contribution in [-0.4, -0.2) is 29.0 Å². The van der Waals surface area contributed by atoms with Crippen LogP contribution in [0, 0.1) is 6.92 Å². The first kappa shape index (κ1) is 13.2. The van der Waals surface area contributed by atoms with Gasteiger partial charge in [-0.25, -0.2) is 9.78 Å². The van der Waals surface area contributed by atoms with E-state index in [0.29, 0.717) is 10.6 Å². The number of aromatic carboxylic acids is 1. The molecule has 6 heteroatoms. The van der Waals surface area contributed by atoms with Crippen LogP contribution in [0.3, 0.4) is 0 Å². The number of carboxylic acid groups (broad SMARTS) is 1. The molecule has 0 atom stereocenters. The van der Waals surface area contributed by atoms with Crippen LogP contribution < -0.4 is 4.90 Å². The number of benzene rings is 1. The van der Waals surface area contributed by atoms with Gasteiger partial charge < -0.3 is 10.0 Å². The van der Waals surface area contributed by atoms with Crippen molar-refractivity contribution in [2.24, 2.45) is 0 Å². The van der Waals surface area contributed by atoms with Gasteiger partial charge in [-0.3, -0.25) is 4.79 Å². The van der Waals surface area contributed by atoms with Gasteiger partial charge in [-0.05, 0) is 31.2 Å². The molecule has 1 aromatic carbocycles. The highest BCUT2D eigenvalue weighted by atomic mass is 32.1. The van der Waals surface area contributed by atoms with Crippen LogP contribution in [0.4, 0.5) is 5.69 Å². The van der Waals surface area contributed by atoms with Crippen molar-refractivity contribution in [1.82, 2.24) is 4.98 Å². The summed E-state index contributed by atoms with van der Waals surface area (Å²) in [5, 5.41) is 9.65. The second-order valence-electron chi connectivity index (χ2n) is 3.96. The third-order valence-electron chi connectivity index (χ3n) is 2.64. The number of aromatic nitrogens is 1. The summed E-state index contributed by atoms with van der Waals surface area (Å²) in [7, 11) is 1.65. The Morgan fingerprint density at radius 1 is 1.26 bits per heavy atom. The molecule has 1 amide bonds. The van der Waals surface area contributed by atoms with Gasteiger partial charge in [-0.1, -0.05) is 0 Å². The number of amides is 1. The number of aryl methyl sites for hydroxylation is 1. The SMILES string of the molecule is Cc1ncc(C(=O)N(C)c2ccc(C(=O)O)cc2)s1. The standard InChI is InChI=1S/C13H12N2O3S/c1-8-14-7-11(19-8)12(16)15(2)10-5-3-9(4-6-10)13(17)18/h3-7H,1-2H3,(H,17,18). The molecular weight excluding hydrogens is 264 g/mol. The first-order valence-electron chi connectivity index (χ1n) is 5.53. The van der Waals surface area contributed by atoms with Crippen molar-refractivity contribution in [2.45, 2.75) is 6.92 Å². The quantitative estimate of drug-likeness (QED) is 0.934. The molecule has 0 saturated carbocycles. The van der Waals surface area contributed by atoms with Crippen molar-refractivity contribution in [2.75, 3.05) is 11.9 Å². The van der Waals surface area contributed by atoms with Crippen LogP contribution >= 0.6 is 11.3 Å². The molecule has 2 rings (SSSR count). The van der Waals surface area contributed by atoms with E-state index in [0.717, 1.165) is 5.01 Å². The van der Waals surface area contributed by atoms with Gasteiger partial charge in [-0.2, -0.15) is 0 Å². The maximum absolute atomic E-state index is 12.2. The number of anilines is 1. The van der Waals surface area contributed by atoms with E-state index < -0.39 is 5.97 Å². The summed E-state index contributed by atoms with van der Waals surface area (Å²) >= 11 is 1.33. The Kier molecular flexibility index (Phi) is 3.62. The molecule has 0 spiro atoms. The number of hydrogen-bond acceptors (Lipinski definition) is 4.